The van der Waals surface area contributed by atoms with Crippen LogP contribution in [0.1, 0.15) is 53.9 Å². The highest BCUT2D eigenvalue weighted by Gasteiger charge is 2.28. The summed E-state index contributed by atoms with van der Waals surface area (Å²) in [5, 5.41) is 0. The standard InChI is InChI=1S/C15H22O3/c1-10(2)13(18-14(17)15(3,4)5)12(16)11-8-6-7-9-11/h8H,6-7,9H2,1-5H3. The lowest BCUT2D eigenvalue weighted by atomic mass is 9.97. The average molecular weight is 250 g/mol. The Bertz CT molecular complexity index is 416. The summed E-state index contributed by atoms with van der Waals surface area (Å²) >= 11 is 0. The molecule has 1 aliphatic carbocycles. The van der Waals surface area contributed by atoms with Crippen LogP contribution in [0, 0.1) is 5.41 Å². The monoisotopic (exact) mass is 250 g/mol. The van der Waals surface area contributed by atoms with Crippen molar-refractivity contribution in [3.05, 3.63) is 23.0 Å². The van der Waals surface area contributed by atoms with Gasteiger partial charge in [-0.1, -0.05) is 6.08 Å². The van der Waals surface area contributed by atoms with Crippen LogP contribution in [-0.4, -0.2) is 11.8 Å². The van der Waals surface area contributed by atoms with E-state index in [0.717, 1.165) is 30.4 Å². The zero-order chi connectivity index (χ0) is 13.9. The maximum absolute atomic E-state index is 12.2. The fraction of sp³-hybridized carbons (Fsp3) is 0.600. The first-order valence-electron chi connectivity index (χ1n) is 6.37. The summed E-state index contributed by atoms with van der Waals surface area (Å²) in [7, 11) is 0. The number of carbonyl (C=O) groups is 2. The highest BCUT2D eigenvalue weighted by molar-refractivity contribution is 6.08. The van der Waals surface area contributed by atoms with Crippen LogP contribution in [0.5, 0.6) is 0 Å². The van der Waals surface area contributed by atoms with Gasteiger partial charge < -0.3 is 4.74 Å². The Kier molecular flexibility index (Phi) is 4.49. The number of hydrogen-bond donors (Lipinski definition) is 0. The number of carbonyl (C=O) groups excluding carboxylic acids is 2. The summed E-state index contributed by atoms with van der Waals surface area (Å²) in [6, 6.07) is 0. The van der Waals surface area contributed by atoms with Crippen molar-refractivity contribution >= 4 is 11.8 Å². The second kappa shape index (κ2) is 5.51. The topological polar surface area (TPSA) is 43.4 Å². The van der Waals surface area contributed by atoms with Crippen LogP contribution in [-0.2, 0) is 14.3 Å². The van der Waals surface area contributed by atoms with Crippen molar-refractivity contribution in [1.82, 2.24) is 0 Å². The predicted octanol–water partition coefficient (Wildman–Crippen LogP) is 3.55. The molecule has 3 nitrogen and oxygen atoms in total. The fourth-order valence-electron chi connectivity index (χ4n) is 1.64. The summed E-state index contributed by atoms with van der Waals surface area (Å²) in [5.74, 6) is -0.307. The van der Waals surface area contributed by atoms with Gasteiger partial charge in [-0.2, -0.15) is 0 Å². The van der Waals surface area contributed by atoms with Gasteiger partial charge in [-0.25, -0.2) is 0 Å². The van der Waals surface area contributed by atoms with Crippen LogP contribution in [0.2, 0.25) is 0 Å². The van der Waals surface area contributed by atoms with E-state index >= 15 is 0 Å². The summed E-state index contributed by atoms with van der Waals surface area (Å²) in [6.45, 7) is 8.91. The van der Waals surface area contributed by atoms with Gasteiger partial charge in [-0.3, -0.25) is 9.59 Å². The number of allylic oxidation sites excluding steroid dienone is 3. The van der Waals surface area contributed by atoms with Crippen molar-refractivity contribution in [2.75, 3.05) is 0 Å². The zero-order valence-corrected chi connectivity index (χ0v) is 11.9. The van der Waals surface area contributed by atoms with Crippen molar-refractivity contribution in [1.29, 1.82) is 0 Å². The minimum atomic E-state index is -0.606. The van der Waals surface area contributed by atoms with Crippen molar-refractivity contribution in [2.45, 2.75) is 53.9 Å². The van der Waals surface area contributed by atoms with E-state index in [1.807, 2.05) is 6.08 Å². The van der Waals surface area contributed by atoms with Gasteiger partial charge in [-0.05, 0) is 65.0 Å². The average Bonchev–Trinajstić information content (AvgIpc) is 2.75. The van der Waals surface area contributed by atoms with Crippen molar-refractivity contribution in [2.24, 2.45) is 5.41 Å². The molecule has 0 aromatic carbocycles. The molecule has 0 aromatic heterocycles. The first-order valence-corrected chi connectivity index (χ1v) is 6.37. The van der Waals surface area contributed by atoms with E-state index < -0.39 is 5.41 Å². The van der Waals surface area contributed by atoms with Gasteiger partial charge in [-0.15, -0.1) is 0 Å². The number of ether oxygens (including phenoxy) is 1. The van der Waals surface area contributed by atoms with E-state index in [2.05, 4.69) is 0 Å². The van der Waals surface area contributed by atoms with Gasteiger partial charge in [0.2, 0.25) is 5.78 Å². The fourth-order valence-corrected chi connectivity index (χ4v) is 1.64. The quantitative estimate of drug-likeness (QED) is 0.437. The van der Waals surface area contributed by atoms with Gasteiger partial charge in [0.1, 0.15) is 0 Å². The molecule has 3 heteroatoms. The molecule has 0 spiro atoms. The minimum Gasteiger partial charge on any atom is -0.422 e. The number of esters is 1. The second-order valence-electron chi connectivity index (χ2n) is 5.92. The molecule has 1 aliphatic rings. The molecule has 0 radical (unpaired) electrons. The van der Waals surface area contributed by atoms with Crippen LogP contribution in [0.4, 0.5) is 0 Å². The van der Waals surface area contributed by atoms with Crippen LogP contribution >= 0.6 is 0 Å². The lowest BCUT2D eigenvalue weighted by Gasteiger charge is -2.18. The normalized spacial score (nSPS) is 15.1. The molecule has 18 heavy (non-hydrogen) atoms. The number of ketones is 1. The lowest BCUT2D eigenvalue weighted by molar-refractivity contribution is -0.150. The molecule has 0 bridgehead atoms. The van der Waals surface area contributed by atoms with E-state index in [1.54, 1.807) is 34.6 Å². The van der Waals surface area contributed by atoms with Crippen molar-refractivity contribution in [3.63, 3.8) is 0 Å². The molecule has 0 saturated carbocycles. The third kappa shape index (κ3) is 3.56. The Labute approximate surface area is 109 Å². The van der Waals surface area contributed by atoms with E-state index in [0.29, 0.717) is 0 Å². The summed E-state index contributed by atoms with van der Waals surface area (Å²) in [6.07, 6.45) is 4.66. The van der Waals surface area contributed by atoms with Crippen LogP contribution in [0.15, 0.2) is 23.0 Å². The molecule has 0 fully saturated rings. The summed E-state index contributed by atoms with van der Waals surface area (Å²) < 4.78 is 5.30. The Balaban J connectivity index is 2.89. The second-order valence-corrected chi connectivity index (χ2v) is 5.92. The molecular weight excluding hydrogens is 228 g/mol. The molecule has 0 saturated heterocycles. The van der Waals surface area contributed by atoms with Gasteiger partial charge in [0.25, 0.3) is 0 Å². The van der Waals surface area contributed by atoms with Crippen molar-refractivity contribution in [3.8, 4) is 0 Å². The Morgan fingerprint density at radius 1 is 1.22 bits per heavy atom. The smallest absolute Gasteiger partial charge is 0.316 e. The largest absolute Gasteiger partial charge is 0.422 e. The van der Waals surface area contributed by atoms with Gasteiger partial charge in [0.05, 0.1) is 5.41 Å². The van der Waals surface area contributed by atoms with E-state index in [1.165, 1.54) is 0 Å². The van der Waals surface area contributed by atoms with Gasteiger partial charge in [0, 0.05) is 0 Å². The van der Waals surface area contributed by atoms with Crippen molar-refractivity contribution < 1.29 is 14.3 Å². The number of Topliss-reactive ketones (excluding diaryl/α,β-unsaturated/α-hetero) is 1. The third-order valence-electron chi connectivity index (χ3n) is 2.80. The number of rotatable bonds is 3. The third-order valence-corrected chi connectivity index (χ3v) is 2.80. The molecule has 0 aliphatic heterocycles. The zero-order valence-electron chi connectivity index (χ0n) is 11.9. The number of hydrogen-bond acceptors (Lipinski definition) is 3. The van der Waals surface area contributed by atoms with E-state index in [4.69, 9.17) is 4.74 Å². The molecule has 1 rings (SSSR count). The first kappa shape index (κ1) is 14.7. The molecule has 0 unspecified atom stereocenters. The molecule has 0 heterocycles. The van der Waals surface area contributed by atoms with Crippen LogP contribution in [0.25, 0.3) is 0 Å². The van der Waals surface area contributed by atoms with Gasteiger partial charge in [0.15, 0.2) is 5.76 Å². The maximum Gasteiger partial charge on any atom is 0.316 e. The lowest BCUT2D eigenvalue weighted by Crippen LogP contribution is -2.25. The molecule has 100 valence electrons. The Morgan fingerprint density at radius 3 is 2.22 bits per heavy atom. The molecule has 0 aromatic rings. The summed E-state index contributed by atoms with van der Waals surface area (Å²) in [4.78, 5) is 24.1. The minimum absolute atomic E-state index is 0.134. The van der Waals surface area contributed by atoms with Crippen LogP contribution < -0.4 is 0 Å². The van der Waals surface area contributed by atoms with E-state index in [9.17, 15) is 9.59 Å². The first-order chi connectivity index (χ1) is 8.23. The molecule has 0 atom stereocenters. The molecular formula is C15H22O3. The molecule has 0 N–H and O–H groups in total. The highest BCUT2D eigenvalue weighted by atomic mass is 16.5. The van der Waals surface area contributed by atoms with Crippen LogP contribution in [0.3, 0.4) is 0 Å². The maximum atomic E-state index is 12.2. The van der Waals surface area contributed by atoms with E-state index in [-0.39, 0.29) is 17.5 Å². The van der Waals surface area contributed by atoms with Gasteiger partial charge >= 0.3 is 5.97 Å². The Hall–Kier alpha value is -1.38. The predicted molar refractivity (Wildman–Crippen MR) is 70.9 cm³/mol. The Morgan fingerprint density at radius 2 is 1.83 bits per heavy atom. The SMILES string of the molecule is CC(C)=C(OC(=O)C(C)(C)C)C(=O)C1=CCCC1. The highest BCUT2D eigenvalue weighted by Crippen LogP contribution is 2.25. The molecule has 0 amide bonds. The summed E-state index contributed by atoms with van der Waals surface area (Å²) in [5.41, 5.74) is 0.906.